The van der Waals surface area contributed by atoms with Crippen LogP contribution in [0.5, 0.6) is 0 Å². The van der Waals surface area contributed by atoms with Crippen molar-refractivity contribution in [1.82, 2.24) is 25.1 Å². The number of nitrogens with zero attached hydrogens (tertiary/aromatic N) is 3. The van der Waals surface area contributed by atoms with Gasteiger partial charge in [0.25, 0.3) is 6.43 Å². The fourth-order valence-electron chi connectivity index (χ4n) is 2.84. The van der Waals surface area contributed by atoms with Crippen LogP contribution < -0.4 is 11.0 Å². The second-order valence-corrected chi connectivity index (χ2v) is 8.24. The number of hydrogen-bond acceptors (Lipinski definition) is 4. The number of alkyl halides is 5. The van der Waals surface area contributed by atoms with Gasteiger partial charge in [-0.25, -0.2) is 13.6 Å². The Morgan fingerprint density at radius 1 is 1.15 bits per heavy atom. The van der Waals surface area contributed by atoms with Crippen molar-refractivity contribution in [3.05, 3.63) is 63.8 Å². The molecule has 176 valence electrons. The highest BCUT2D eigenvalue weighted by molar-refractivity contribution is 5.81. The quantitative estimate of drug-likeness (QED) is 0.547. The van der Waals surface area contributed by atoms with Crippen LogP contribution in [0.4, 0.5) is 22.0 Å². The summed E-state index contributed by atoms with van der Waals surface area (Å²) < 4.78 is 66.1. The first-order chi connectivity index (χ1) is 15.3. The lowest BCUT2D eigenvalue weighted by molar-refractivity contribution is -0.137. The van der Waals surface area contributed by atoms with Gasteiger partial charge >= 0.3 is 11.9 Å². The van der Waals surface area contributed by atoms with Crippen LogP contribution in [-0.4, -0.2) is 25.7 Å². The third-order valence-corrected chi connectivity index (χ3v) is 4.63. The number of aromatic nitrogens is 4. The number of hydrogen-bond donors (Lipinski definition) is 2. The number of amides is 1. The summed E-state index contributed by atoms with van der Waals surface area (Å²) in [6.45, 7) is 5.14. The van der Waals surface area contributed by atoms with Gasteiger partial charge in [0.1, 0.15) is 5.69 Å². The van der Waals surface area contributed by atoms with Crippen molar-refractivity contribution in [3.63, 3.8) is 0 Å². The SMILES string of the molecule is CC(C)(C)C(=O)NCc1cnc(C(F)F)c(-c2nn(-c3ccc(C(F)(F)F)cc3)c(=O)[nH]2)c1. The summed E-state index contributed by atoms with van der Waals surface area (Å²) in [6.07, 6.45) is -6.36. The van der Waals surface area contributed by atoms with Gasteiger partial charge in [0.05, 0.1) is 11.3 Å². The molecule has 12 heteroatoms. The summed E-state index contributed by atoms with van der Waals surface area (Å²) in [5.74, 6) is -0.506. The van der Waals surface area contributed by atoms with Gasteiger partial charge in [-0.15, -0.1) is 5.10 Å². The molecule has 7 nitrogen and oxygen atoms in total. The topological polar surface area (TPSA) is 92.7 Å². The van der Waals surface area contributed by atoms with E-state index < -0.39 is 35.0 Å². The van der Waals surface area contributed by atoms with E-state index in [1.54, 1.807) is 20.8 Å². The van der Waals surface area contributed by atoms with Crippen LogP contribution in [0, 0.1) is 5.41 Å². The Hall–Kier alpha value is -3.57. The van der Waals surface area contributed by atoms with Crippen molar-refractivity contribution in [1.29, 1.82) is 0 Å². The van der Waals surface area contributed by atoms with Crippen LogP contribution in [0.3, 0.4) is 0 Å². The van der Waals surface area contributed by atoms with Crippen molar-refractivity contribution in [2.75, 3.05) is 0 Å². The standard InChI is InChI=1S/C21H20F5N5O2/c1-20(2,3)18(32)28-10-11-8-14(15(16(22)23)27-9-11)17-29-19(33)31(30-17)13-6-4-12(5-7-13)21(24,25)26/h4-9,16H,10H2,1-3H3,(H,28,32)(H,29,30,33). The first-order valence-electron chi connectivity index (χ1n) is 9.70. The fourth-order valence-corrected chi connectivity index (χ4v) is 2.84. The predicted molar refractivity (Wildman–Crippen MR) is 109 cm³/mol. The van der Waals surface area contributed by atoms with Crippen LogP contribution in [0.25, 0.3) is 17.1 Å². The highest BCUT2D eigenvalue weighted by atomic mass is 19.4. The van der Waals surface area contributed by atoms with Crippen LogP contribution in [0.2, 0.25) is 0 Å². The summed E-state index contributed by atoms with van der Waals surface area (Å²) in [5, 5.41) is 6.64. The Morgan fingerprint density at radius 3 is 2.33 bits per heavy atom. The molecule has 0 saturated heterocycles. The van der Waals surface area contributed by atoms with E-state index in [4.69, 9.17) is 0 Å². The lowest BCUT2D eigenvalue weighted by Crippen LogP contribution is -2.34. The molecule has 0 unspecified atom stereocenters. The van der Waals surface area contributed by atoms with Crippen molar-refractivity contribution in [2.24, 2.45) is 5.41 Å². The number of nitrogens with one attached hydrogen (secondary N) is 2. The zero-order valence-electron chi connectivity index (χ0n) is 17.8. The van der Waals surface area contributed by atoms with E-state index in [0.717, 1.165) is 28.9 Å². The molecule has 0 bridgehead atoms. The van der Waals surface area contributed by atoms with Gasteiger partial charge in [-0.2, -0.15) is 17.9 Å². The number of benzene rings is 1. The van der Waals surface area contributed by atoms with Crippen molar-refractivity contribution in [2.45, 2.75) is 39.9 Å². The smallest absolute Gasteiger partial charge is 0.352 e. The molecular weight excluding hydrogens is 449 g/mol. The summed E-state index contributed by atoms with van der Waals surface area (Å²) in [5.41, 5.74) is -2.83. The summed E-state index contributed by atoms with van der Waals surface area (Å²) >= 11 is 0. The number of carbonyl (C=O) groups is 1. The zero-order chi connectivity index (χ0) is 24.6. The van der Waals surface area contributed by atoms with Gasteiger partial charge in [0.15, 0.2) is 5.82 Å². The zero-order valence-corrected chi connectivity index (χ0v) is 17.8. The Labute approximate surface area is 184 Å². The molecule has 0 aliphatic rings. The van der Waals surface area contributed by atoms with E-state index in [1.807, 2.05) is 0 Å². The Kier molecular flexibility index (Phi) is 6.39. The minimum absolute atomic E-state index is 0.00344. The van der Waals surface area contributed by atoms with Crippen LogP contribution >= 0.6 is 0 Å². The first-order valence-corrected chi connectivity index (χ1v) is 9.70. The number of aromatic amines is 1. The molecule has 3 rings (SSSR count). The van der Waals surface area contributed by atoms with Gasteiger partial charge < -0.3 is 5.32 Å². The fraction of sp³-hybridized carbons (Fsp3) is 0.333. The molecule has 3 aromatic rings. The van der Waals surface area contributed by atoms with Crippen LogP contribution in [0.15, 0.2) is 41.3 Å². The lowest BCUT2D eigenvalue weighted by Gasteiger charge is -2.18. The number of carbonyl (C=O) groups excluding carboxylic acids is 1. The molecule has 0 spiro atoms. The molecule has 1 aromatic carbocycles. The Bertz CT molecular complexity index is 1210. The van der Waals surface area contributed by atoms with Gasteiger partial charge in [-0.3, -0.25) is 14.8 Å². The van der Waals surface area contributed by atoms with Gasteiger partial charge in [-0.05, 0) is 35.9 Å². The summed E-state index contributed by atoms with van der Waals surface area (Å²) in [4.78, 5) is 30.5. The maximum Gasteiger partial charge on any atom is 0.416 e. The third-order valence-electron chi connectivity index (χ3n) is 4.63. The summed E-state index contributed by atoms with van der Waals surface area (Å²) in [7, 11) is 0. The molecule has 0 aliphatic heterocycles. The molecule has 0 radical (unpaired) electrons. The average Bonchev–Trinajstić information content (AvgIpc) is 3.12. The number of pyridine rings is 1. The molecule has 0 atom stereocenters. The van der Waals surface area contributed by atoms with Crippen molar-refractivity contribution in [3.8, 4) is 17.1 Å². The monoisotopic (exact) mass is 469 g/mol. The lowest BCUT2D eigenvalue weighted by atomic mass is 9.95. The first kappa shape index (κ1) is 24.1. The number of halogens is 5. The maximum atomic E-state index is 13.5. The molecule has 0 fully saturated rings. The molecule has 0 saturated carbocycles. The predicted octanol–water partition coefficient (Wildman–Crippen LogP) is 4.24. The van der Waals surface area contributed by atoms with Crippen LogP contribution in [-0.2, 0) is 17.5 Å². The van der Waals surface area contributed by atoms with Gasteiger partial charge in [0, 0.05) is 23.7 Å². The maximum absolute atomic E-state index is 13.5. The van der Waals surface area contributed by atoms with E-state index >= 15 is 0 Å². The van der Waals surface area contributed by atoms with Gasteiger partial charge in [-0.1, -0.05) is 20.8 Å². The van der Waals surface area contributed by atoms with E-state index in [1.165, 1.54) is 12.3 Å². The second-order valence-electron chi connectivity index (χ2n) is 8.24. The summed E-state index contributed by atoms with van der Waals surface area (Å²) in [6, 6.07) is 4.95. The highest BCUT2D eigenvalue weighted by Gasteiger charge is 2.30. The number of H-pyrrole nitrogens is 1. The molecule has 2 aromatic heterocycles. The minimum atomic E-state index is -4.55. The molecule has 2 heterocycles. The number of rotatable bonds is 5. The van der Waals surface area contributed by atoms with Crippen molar-refractivity contribution >= 4 is 5.91 Å². The van der Waals surface area contributed by atoms with Crippen molar-refractivity contribution < 1.29 is 26.7 Å². The van der Waals surface area contributed by atoms with E-state index in [2.05, 4.69) is 20.4 Å². The highest BCUT2D eigenvalue weighted by Crippen LogP contribution is 2.30. The van der Waals surface area contributed by atoms with E-state index in [0.29, 0.717) is 5.56 Å². The molecule has 33 heavy (non-hydrogen) atoms. The molecule has 0 aliphatic carbocycles. The molecule has 2 N–H and O–H groups in total. The Morgan fingerprint density at radius 2 is 1.79 bits per heavy atom. The van der Waals surface area contributed by atoms with Crippen LogP contribution in [0.1, 0.15) is 44.0 Å². The van der Waals surface area contributed by atoms with E-state index in [9.17, 15) is 31.5 Å². The van der Waals surface area contributed by atoms with Gasteiger partial charge in [0.2, 0.25) is 5.91 Å². The molecular formula is C21H20F5N5O2. The normalized spacial score (nSPS) is 12.3. The Balaban J connectivity index is 1.97. The van der Waals surface area contributed by atoms with E-state index in [-0.39, 0.29) is 29.5 Å². The third kappa shape index (κ3) is 5.44. The average molecular weight is 469 g/mol. The minimum Gasteiger partial charge on any atom is -0.352 e. The molecule has 1 amide bonds. The second kappa shape index (κ2) is 8.75. The largest absolute Gasteiger partial charge is 0.416 e.